The molecular formula is C9H18N2O2. The molecule has 4 heteroatoms. The predicted molar refractivity (Wildman–Crippen MR) is 50.7 cm³/mol. The standard InChI is InChI=1S/C9H18N2O2/c1-3-11(4-2)9(12)13-8-5-6-10-7-8/h8,10H,3-7H2,1-2H3/t8-/m0/s1. The Bertz CT molecular complexity index is 163. The summed E-state index contributed by atoms with van der Waals surface area (Å²) in [6, 6.07) is 0. The van der Waals surface area contributed by atoms with E-state index in [4.69, 9.17) is 4.74 Å². The van der Waals surface area contributed by atoms with Crippen LogP contribution in [0.25, 0.3) is 0 Å². The van der Waals surface area contributed by atoms with Gasteiger partial charge >= 0.3 is 6.09 Å². The summed E-state index contributed by atoms with van der Waals surface area (Å²) < 4.78 is 5.28. The van der Waals surface area contributed by atoms with Gasteiger partial charge in [0.2, 0.25) is 0 Å². The third-order valence-electron chi connectivity index (χ3n) is 2.30. The van der Waals surface area contributed by atoms with Gasteiger partial charge in [0.25, 0.3) is 0 Å². The van der Waals surface area contributed by atoms with Gasteiger partial charge in [-0.1, -0.05) is 0 Å². The molecule has 4 nitrogen and oxygen atoms in total. The minimum atomic E-state index is -0.182. The lowest BCUT2D eigenvalue weighted by atomic mass is 10.3. The van der Waals surface area contributed by atoms with Crippen molar-refractivity contribution < 1.29 is 9.53 Å². The van der Waals surface area contributed by atoms with E-state index in [-0.39, 0.29) is 12.2 Å². The molecule has 1 aliphatic heterocycles. The number of hydrogen-bond donors (Lipinski definition) is 1. The third-order valence-corrected chi connectivity index (χ3v) is 2.30. The highest BCUT2D eigenvalue weighted by Crippen LogP contribution is 2.05. The fourth-order valence-electron chi connectivity index (χ4n) is 1.43. The molecule has 1 aliphatic rings. The van der Waals surface area contributed by atoms with E-state index < -0.39 is 0 Å². The zero-order valence-corrected chi connectivity index (χ0v) is 8.38. The topological polar surface area (TPSA) is 41.6 Å². The normalized spacial score (nSPS) is 21.5. The first-order valence-electron chi connectivity index (χ1n) is 4.94. The maximum absolute atomic E-state index is 11.4. The van der Waals surface area contributed by atoms with Crippen molar-refractivity contribution >= 4 is 6.09 Å². The lowest BCUT2D eigenvalue weighted by molar-refractivity contribution is 0.0733. The summed E-state index contributed by atoms with van der Waals surface area (Å²) in [6.45, 7) is 7.10. The van der Waals surface area contributed by atoms with E-state index in [1.807, 2.05) is 13.8 Å². The van der Waals surface area contributed by atoms with Crippen LogP contribution in [0.5, 0.6) is 0 Å². The van der Waals surface area contributed by atoms with Crippen LogP contribution >= 0.6 is 0 Å². The average Bonchev–Trinajstić information content (AvgIpc) is 2.59. The Hall–Kier alpha value is -0.770. The number of amides is 1. The molecule has 1 heterocycles. The van der Waals surface area contributed by atoms with Gasteiger partial charge in [0.15, 0.2) is 0 Å². The molecule has 0 radical (unpaired) electrons. The minimum absolute atomic E-state index is 0.0769. The van der Waals surface area contributed by atoms with Crippen LogP contribution in [-0.4, -0.2) is 43.3 Å². The van der Waals surface area contributed by atoms with Crippen LogP contribution in [-0.2, 0) is 4.74 Å². The van der Waals surface area contributed by atoms with Gasteiger partial charge in [-0.3, -0.25) is 0 Å². The van der Waals surface area contributed by atoms with Crippen molar-refractivity contribution in [3.63, 3.8) is 0 Å². The van der Waals surface area contributed by atoms with Gasteiger partial charge < -0.3 is 15.0 Å². The smallest absolute Gasteiger partial charge is 0.410 e. The Morgan fingerprint density at radius 3 is 2.69 bits per heavy atom. The molecule has 1 N–H and O–H groups in total. The highest BCUT2D eigenvalue weighted by molar-refractivity contribution is 5.67. The van der Waals surface area contributed by atoms with Crippen LogP contribution in [0, 0.1) is 0 Å². The number of nitrogens with zero attached hydrogens (tertiary/aromatic N) is 1. The predicted octanol–water partition coefficient (Wildman–Crippen LogP) is 0.827. The molecule has 1 rings (SSSR count). The highest BCUT2D eigenvalue weighted by Gasteiger charge is 2.20. The molecule has 0 saturated carbocycles. The molecule has 76 valence electrons. The molecular weight excluding hydrogens is 168 g/mol. The summed E-state index contributed by atoms with van der Waals surface area (Å²) in [6.07, 6.45) is 0.833. The minimum Gasteiger partial charge on any atom is -0.445 e. The zero-order valence-electron chi connectivity index (χ0n) is 8.38. The zero-order chi connectivity index (χ0) is 9.68. The molecule has 1 amide bonds. The number of nitrogens with one attached hydrogen (secondary N) is 1. The summed E-state index contributed by atoms with van der Waals surface area (Å²) >= 11 is 0. The lowest BCUT2D eigenvalue weighted by Crippen LogP contribution is -2.34. The van der Waals surface area contributed by atoms with Crippen molar-refractivity contribution in [3.05, 3.63) is 0 Å². The number of hydrogen-bond acceptors (Lipinski definition) is 3. The fourth-order valence-corrected chi connectivity index (χ4v) is 1.43. The van der Waals surface area contributed by atoms with Crippen LogP contribution < -0.4 is 5.32 Å². The van der Waals surface area contributed by atoms with Gasteiger partial charge in [0, 0.05) is 19.6 Å². The van der Waals surface area contributed by atoms with Crippen LogP contribution in [0.3, 0.4) is 0 Å². The van der Waals surface area contributed by atoms with E-state index in [1.54, 1.807) is 4.90 Å². The molecule has 0 spiro atoms. The van der Waals surface area contributed by atoms with Gasteiger partial charge in [-0.05, 0) is 26.8 Å². The van der Waals surface area contributed by atoms with Gasteiger partial charge in [-0.2, -0.15) is 0 Å². The first-order chi connectivity index (χ1) is 6.27. The largest absolute Gasteiger partial charge is 0.445 e. The first kappa shape index (κ1) is 10.3. The van der Waals surface area contributed by atoms with E-state index in [0.29, 0.717) is 0 Å². The first-order valence-corrected chi connectivity index (χ1v) is 4.94. The summed E-state index contributed by atoms with van der Waals surface area (Å²) in [5, 5.41) is 3.16. The van der Waals surface area contributed by atoms with Crippen molar-refractivity contribution in [2.45, 2.75) is 26.4 Å². The van der Waals surface area contributed by atoms with Crippen molar-refractivity contribution in [1.82, 2.24) is 10.2 Å². The third kappa shape index (κ3) is 2.88. The van der Waals surface area contributed by atoms with Crippen LogP contribution in [0.2, 0.25) is 0 Å². The molecule has 0 aromatic heterocycles. The molecule has 1 saturated heterocycles. The maximum Gasteiger partial charge on any atom is 0.410 e. The van der Waals surface area contributed by atoms with Gasteiger partial charge in [-0.25, -0.2) is 4.79 Å². The van der Waals surface area contributed by atoms with Gasteiger partial charge in [-0.15, -0.1) is 0 Å². The van der Waals surface area contributed by atoms with E-state index in [0.717, 1.165) is 32.6 Å². The molecule has 13 heavy (non-hydrogen) atoms. The Labute approximate surface area is 79.2 Å². The second-order valence-corrected chi connectivity index (χ2v) is 3.17. The van der Waals surface area contributed by atoms with Crippen molar-refractivity contribution in [1.29, 1.82) is 0 Å². The highest BCUT2D eigenvalue weighted by atomic mass is 16.6. The summed E-state index contributed by atoms with van der Waals surface area (Å²) in [7, 11) is 0. The number of carbonyl (C=O) groups is 1. The van der Waals surface area contributed by atoms with Crippen molar-refractivity contribution in [2.24, 2.45) is 0 Å². The van der Waals surface area contributed by atoms with Crippen LogP contribution in [0.4, 0.5) is 4.79 Å². The van der Waals surface area contributed by atoms with Crippen molar-refractivity contribution in [2.75, 3.05) is 26.2 Å². The van der Waals surface area contributed by atoms with Crippen LogP contribution in [0.15, 0.2) is 0 Å². The fraction of sp³-hybridized carbons (Fsp3) is 0.889. The SMILES string of the molecule is CCN(CC)C(=O)O[C@H]1CCNC1. The summed E-state index contributed by atoms with van der Waals surface area (Å²) in [4.78, 5) is 13.1. The maximum atomic E-state index is 11.4. The second-order valence-electron chi connectivity index (χ2n) is 3.17. The van der Waals surface area contributed by atoms with Gasteiger partial charge in [0.05, 0.1) is 0 Å². The number of carbonyl (C=O) groups excluding carboxylic acids is 1. The Morgan fingerprint density at radius 1 is 1.54 bits per heavy atom. The van der Waals surface area contributed by atoms with Crippen molar-refractivity contribution in [3.8, 4) is 0 Å². The molecule has 0 aromatic carbocycles. The second kappa shape index (κ2) is 5.07. The lowest BCUT2D eigenvalue weighted by Gasteiger charge is -2.20. The summed E-state index contributed by atoms with van der Waals surface area (Å²) in [5.41, 5.74) is 0. The van der Waals surface area contributed by atoms with E-state index in [2.05, 4.69) is 5.32 Å². The summed E-state index contributed by atoms with van der Waals surface area (Å²) in [5.74, 6) is 0. The van der Waals surface area contributed by atoms with E-state index in [1.165, 1.54) is 0 Å². The Kier molecular flexibility index (Phi) is 4.02. The molecule has 0 aromatic rings. The van der Waals surface area contributed by atoms with Gasteiger partial charge in [0.1, 0.15) is 6.10 Å². The van der Waals surface area contributed by atoms with E-state index >= 15 is 0 Å². The average molecular weight is 186 g/mol. The van der Waals surface area contributed by atoms with E-state index in [9.17, 15) is 4.79 Å². The number of rotatable bonds is 3. The molecule has 0 unspecified atom stereocenters. The molecule has 0 aliphatic carbocycles. The molecule has 1 fully saturated rings. The number of ether oxygens (including phenoxy) is 1. The monoisotopic (exact) mass is 186 g/mol. The van der Waals surface area contributed by atoms with Crippen LogP contribution in [0.1, 0.15) is 20.3 Å². The quantitative estimate of drug-likeness (QED) is 0.709. The Balaban J connectivity index is 2.29. The molecule has 0 bridgehead atoms. The Morgan fingerprint density at radius 2 is 2.23 bits per heavy atom. The molecule has 1 atom stereocenters.